The Morgan fingerprint density at radius 2 is 0.429 bits per heavy atom. The number of rotatable bonds is 16. The Hall–Kier alpha value is -9.16. The van der Waals surface area contributed by atoms with Crippen LogP contribution in [0.25, 0.3) is 0 Å². The number of aromatic hydroxyl groups is 8. The van der Waals surface area contributed by atoms with Crippen LogP contribution in [0.5, 0.6) is 46.0 Å². The monoisotopic (exact) mass is 1120 g/mol. The van der Waals surface area contributed by atoms with Crippen molar-refractivity contribution >= 4 is 47.6 Å². The molecule has 1 aliphatic carbocycles. The highest BCUT2D eigenvalue weighted by molar-refractivity contribution is 5.95. The van der Waals surface area contributed by atoms with Crippen molar-refractivity contribution < 1.29 is 40.9 Å². The van der Waals surface area contributed by atoms with Gasteiger partial charge in [0.25, 0.3) is 0 Å². The van der Waals surface area contributed by atoms with E-state index >= 15 is 0 Å². The first-order valence-electron chi connectivity index (χ1n) is 29.0. The molecule has 8 aromatic carbocycles. The lowest BCUT2D eigenvalue weighted by atomic mass is 9.73. The number of phenolic OH excluding ortho intramolecular Hbond substituents is 8. The molecule has 9 rings (SSSR count). The summed E-state index contributed by atoms with van der Waals surface area (Å²) in [5.74, 6) is -6.22. The van der Waals surface area contributed by atoms with Crippen LogP contribution < -0.4 is 0 Å². The van der Waals surface area contributed by atoms with Gasteiger partial charge in [-0.2, -0.15) is 0 Å². The highest BCUT2D eigenvalue weighted by Gasteiger charge is 2.38. The molecule has 12 heteroatoms. The Kier molecular flexibility index (Phi) is 18.4. The van der Waals surface area contributed by atoms with Gasteiger partial charge in [0.15, 0.2) is 0 Å². The topological polar surface area (TPSA) is 211 Å². The van der Waals surface area contributed by atoms with E-state index in [0.717, 1.165) is 0 Å². The fourth-order valence-corrected chi connectivity index (χ4v) is 11.7. The van der Waals surface area contributed by atoms with Gasteiger partial charge in [-0.25, -0.2) is 0 Å². The summed E-state index contributed by atoms with van der Waals surface area (Å²) < 4.78 is 0. The third-order valence-corrected chi connectivity index (χ3v) is 15.7. The summed E-state index contributed by atoms with van der Waals surface area (Å²) in [6.45, 7) is 16.3. The summed E-state index contributed by atoms with van der Waals surface area (Å²) in [5.41, 5.74) is 4.76. The van der Waals surface area contributed by atoms with E-state index in [4.69, 9.17) is 20.0 Å². The summed E-state index contributed by atoms with van der Waals surface area (Å²) in [5, 5.41) is 104. The second-order valence-corrected chi connectivity index (χ2v) is 23.8. The van der Waals surface area contributed by atoms with E-state index in [1.807, 2.05) is 128 Å². The molecule has 12 nitrogen and oxygen atoms in total. The Bertz CT molecular complexity index is 3140. The smallest absolute Gasteiger partial charge is 0.131 e. The number of aliphatic imine (C=N–C) groups is 4. The van der Waals surface area contributed by atoms with Gasteiger partial charge in [0.1, 0.15) is 46.0 Å². The molecule has 0 aromatic heterocycles. The van der Waals surface area contributed by atoms with Gasteiger partial charge in [-0.1, -0.05) is 128 Å². The average molecular weight is 1130 g/mol. The standard InChI is InChI=1S/C72H76N4O8/c1-41(2)29-49-53-33-55(67(79)61(65(53)77)37-73-45-21-13-9-14-22-45)50(30-42(3)4)57-35-59(71(83)63(69(57)81)39-75-47-25-17-11-18-26-47)52(32-44(7)8)60-36-58(70(82)64(72(60)84)40-76-48-27-19-12-20-28-48)51(31-43(5)6)56-34-54(49)66(78)62(68(56)80)38-74-46-23-15-10-16-24-46/h9-28,33-44,49-52,77-84H,29-32H2,1-8H3. The summed E-state index contributed by atoms with van der Waals surface area (Å²) in [7, 11) is 0. The molecule has 8 N–H and O–H groups in total. The maximum atomic E-state index is 13.0. The molecule has 0 heterocycles. The number of para-hydroxylation sites is 4. The van der Waals surface area contributed by atoms with Crippen molar-refractivity contribution in [2.45, 2.75) is 105 Å². The first kappa shape index (κ1) is 59.5. The molecule has 0 atom stereocenters. The van der Waals surface area contributed by atoms with Crippen molar-refractivity contribution in [2.75, 3.05) is 0 Å². The predicted molar refractivity (Wildman–Crippen MR) is 339 cm³/mol. The highest BCUT2D eigenvalue weighted by atomic mass is 16.3. The van der Waals surface area contributed by atoms with Crippen molar-refractivity contribution in [3.8, 4) is 46.0 Å². The molecule has 0 unspecified atom stereocenters. The predicted octanol–water partition coefficient (Wildman–Crippen LogP) is 17.4. The molecular weight excluding hydrogens is 1050 g/mol. The van der Waals surface area contributed by atoms with Gasteiger partial charge >= 0.3 is 0 Å². The first-order chi connectivity index (χ1) is 40.3. The van der Waals surface area contributed by atoms with Gasteiger partial charge in [0.05, 0.1) is 45.0 Å². The van der Waals surface area contributed by atoms with E-state index in [1.54, 1.807) is 72.8 Å². The van der Waals surface area contributed by atoms with E-state index < -0.39 is 23.7 Å². The summed E-state index contributed by atoms with van der Waals surface area (Å²) >= 11 is 0. The van der Waals surface area contributed by atoms with Crippen molar-refractivity contribution in [1.82, 2.24) is 0 Å². The van der Waals surface area contributed by atoms with E-state index in [9.17, 15) is 40.9 Å². The summed E-state index contributed by atoms with van der Waals surface area (Å²) in [6, 6.07) is 43.6. The Balaban J connectivity index is 1.51. The summed E-state index contributed by atoms with van der Waals surface area (Å²) in [6.07, 6.45) is 7.01. The highest BCUT2D eigenvalue weighted by Crippen LogP contribution is 2.56. The van der Waals surface area contributed by atoms with E-state index in [1.165, 1.54) is 24.9 Å². The van der Waals surface area contributed by atoms with Gasteiger partial charge in [-0.05, 0) is 122 Å². The zero-order chi connectivity index (χ0) is 59.9. The minimum Gasteiger partial charge on any atom is -0.507 e. The fourth-order valence-electron chi connectivity index (χ4n) is 11.7. The third-order valence-electron chi connectivity index (χ3n) is 15.7. The molecule has 1 aliphatic rings. The maximum absolute atomic E-state index is 13.0. The van der Waals surface area contributed by atoms with Crippen LogP contribution in [0.3, 0.4) is 0 Å². The lowest BCUT2D eigenvalue weighted by molar-refractivity contribution is 0.410. The quantitative estimate of drug-likeness (QED) is 0.0435. The number of hydrogen-bond acceptors (Lipinski definition) is 12. The molecule has 0 fully saturated rings. The number of phenols is 8. The van der Waals surface area contributed by atoms with Gasteiger partial charge < -0.3 is 40.9 Å². The molecule has 8 bridgehead atoms. The zero-order valence-corrected chi connectivity index (χ0v) is 49.0. The number of benzene rings is 8. The molecule has 0 saturated carbocycles. The average Bonchev–Trinajstić information content (AvgIpc) is 0.995. The van der Waals surface area contributed by atoms with Crippen LogP contribution in [0, 0.1) is 23.7 Å². The number of nitrogens with zero attached hydrogens (tertiary/aromatic N) is 4. The largest absolute Gasteiger partial charge is 0.507 e. The third kappa shape index (κ3) is 12.9. The van der Waals surface area contributed by atoms with Crippen molar-refractivity contribution in [2.24, 2.45) is 43.6 Å². The molecule has 0 radical (unpaired) electrons. The lowest BCUT2D eigenvalue weighted by Gasteiger charge is -2.32. The van der Waals surface area contributed by atoms with Gasteiger partial charge in [0, 0.05) is 93.0 Å². The Morgan fingerprint density at radius 3 is 0.571 bits per heavy atom. The molecule has 0 aliphatic heterocycles. The Labute approximate surface area is 493 Å². The van der Waals surface area contributed by atoms with Gasteiger partial charge in [-0.15, -0.1) is 0 Å². The zero-order valence-electron chi connectivity index (χ0n) is 49.0. The SMILES string of the molecule is CC(C)CC1c2cc(c(O)c(C=Nc3ccccc3)c2O)C(CC(C)C)c2cc(c(O)c(C=Nc3ccccc3)c2O)C(CC(C)C)c2cc(c(O)c(C=Nc3ccccc3)c2O)C(CC(C)C)c2cc1c(O)c(C=Nc1ccccc1)c2O. The van der Waals surface area contributed by atoms with Crippen LogP contribution in [-0.4, -0.2) is 65.7 Å². The molecule has 0 amide bonds. The van der Waals surface area contributed by atoms with Crippen molar-refractivity contribution in [1.29, 1.82) is 0 Å². The van der Waals surface area contributed by atoms with Crippen LogP contribution >= 0.6 is 0 Å². The minimum absolute atomic E-state index is 0.00594. The molecule has 8 aromatic rings. The van der Waals surface area contributed by atoms with Crippen LogP contribution in [0.4, 0.5) is 22.7 Å². The van der Waals surface area contributed by atoms with E-state index in [0.29, 0.717) is 92.9 Å². The molecule has 432 valence electrons. The first-order valence-corrected chi connectivity index (χ1v) is 29.0. The normalized spacial score (nSPS) is 16.4. The van der Waals surface area contributed by atoms with Gasteiger partial charge in [-0.3, -0.25) is 20.0 Å². The van der Waals surface area contributed by atoms with E-state index in [-0.39, 0.29) is 91.9 Å². The molecule has 84 heavy (non-hydrogen) atoms. The molecule has 0 saturated heterocycles. The molecular formula is C72H76N4O8. The van der Waals surface area contributed by atoms with Crippen LogP contribution in [-0.2, 0) is 0 Å². The van der Waals surface area contributed by atoms with Crippen molar-refractivity contribution in [3.05, 3.63) is 212 Å². The fraction of sp³-hybridized carbons (Fsp3) is 0.278. The van der Waals surface area contributed by atoms with Crippen molar-refractivity contribution in [3.63, 3.8) is 0 Å². The van der Waals surface area contributed by atoms with Crippen LogP contribution in [0.1, 0.15) is 172 Å². The van der Waals surface area contributed by atoms with Crippen LogP contribution in [0.15, 0.2) is 166 Å². The number of fused-ring (bicyclic) bond motifs is 8. The van der Waals surface area contributed by atoms with Gasteiger partial charge in [0.2, 0.25) is 0 Å². The van der Waals surface area contributed by atoms with E-state index in [2.05, 4.69) is 0 Å². The maximum Gasteiger partial charge on any atom is 0.131 e. The summed E-state index contributed by atoms with van der Waals surface area (Å²) in [4.78, 5) is 19.1. The lowest BCUT2D eigenvalue weighted by Crippen LogP contribution is -2.16. The second-order valence-electron chi connectivity index (χ2n) is 23.8. The van der Waals surface area contributed by atoms with Crippen LogP contribution in [0.2, 0.25) is 0 Å². The molecule has 0 spiro atoms. The number of hydrogen-bond donors (Lipinski definition) is 8. The minimum atomic E-state index is -0.866. The second kappa shape index (κ2) is 26.0. The Morgan fingerprint density at radius 1 is 0.274 bits per heavy atom.